The first-order valence-corrected chi connectivity index (χ1v) is 6.44. The van der Waals surface area contributed by atoms with Crippen LogP contribution in [0.5, 0.6) is 0 Å². The molecule has 0 saturated carbocycles. The van der Waals surface area contributed by atoms with Crippen molar-refractivity contribution in [2.45, 2.75) is 50.7 Å². The van der Waals surface area contributed by atoms with Crippen molar-refractivity contribution in [3.63, 3.8) is 0 Å². The van der Waals surface area contributed by atoms with Crippen molar-refractivity contribution in [2.75, 3.05) is 19.8 Å². The van der Waals surface area contributed by atoms with E-state index < -0.39 is 6.10 Å². The average Bonchev–Trinajstić information content (AvgIpc) is 2.29. The van der Waals surface area contributed by atoms with E-state index in [0.29, 0.717) is 19.8 Å². The van der Waals surface area contributed by atoms with E-state index in [0.717, 1.165) is 18.4 Å². The van der Waals surface area contributed by atoms with E-state index in [-0.39, 0.29) is 6.10 Å². The molecule has 0 aromatic rings. The minimum atomic E-state index is -0.460. The van der Waals surface area contributed by atoms with Gasteiger partial charge in [-0.1, -0.05) is 18.9 Å². The van der Waals surface area contributed by atoms with Crippen LogP contribution in [0.3, 0.4) is 0 Å². The van der Waals surface area contributed by atoms with E-state index in [1.54, 1.807) is 0 Å². The Morgan fingerprint density at radius 2 is 2.06 bits per heavy atom. The lowest BCUT2D eigenvalue weighted by molar-refractivity contribution is -0.124. The molecule has 3 heteroatoms. The number of allylic oxidation sites excluding steroid dienone is 1. The van der Waals surface area contributed by atoms with Crippen LogP contribution in [-0.2, 0) is 9.47 Å². The minimum Gasteiger partial charge on any atom is -0.386 e. The fraction of sp³-hybridized carbons (Fsp3) is 0.846. The minimum absolute atomic E-state index is 0.153. The van der Waals surface area contributed by atoms with E-state index in [2.05, 4.69) is 6.08 Å². The largest absolute Gasteiger partial charge is 0.386 e. The van der Waals surface area contributed by atoms with Crippen molar-refractivity contribution in [1.29, 1.82) is 0 Å². The van der Waals surface area contributed by atoms with E-state index in [9.17, 15) is 5.11 Å². The number of aliphatic hydroxyl groups excluding tert-OH is 1. The maximum absolute atomic E-state index is 10.2. The maximum atomic E-state index is 10.2. The summed E-state index contributed by atoms with van der Waals surface area (Å²) < 4.78 is 10.9. The average molecular weight is 226 g/mol. The molecule has 3 nitrogen and oxygen atoms in total. The molecule has 2 aliphatic rings. The molecule has 2 rings (SSSR count). The van der Waals surface area contributed by atoms with Crippen molar-refractivity contribution in [3.8, 4) is 0 Å². The Hall–Kier alpha value is -0.380. The van der Waals surface area contributed by atoms with Gasteiger partial charge in [0.15, 0.2) is 0 Å². The molecule has 2 atom stereocenters. The van der Waals surface area contributed by atoms with Gasteiger partial charge in [-0.15, -0.1) is 0 Å². The Labute approximate surface area is 97.4 Å². The third-order valence-electron chi connectivity index (χ3n) is 3.40. The summed E-state index contributed by atoms with van der Waals surface area (Å²) in [6, 6.07) is 0. The van der Waals surface area contributed by atoms with E-state index >= 15 is 0 Å². The van der Waals surface area contributed by atoms with Crippen LogP contribution in [0.2, 0.25) is 0 Å². The second-order valence-corrected chi connectivity index (χ2v) is 4.66. The van der Waals surface area contributed by atoms with Crippen LogP contribution >= 0.6 is 0 Å². The van der Waals surface area contributed by atoms with Crippen molar-refractivity contribution in [3.05, 3.63) is 11.6 Å². The fourth-order valence-corrected chi connectivity index (χ4v) is 2.41. The third-order valence-corrected chi connectivity index (χ3v) is 3.40. The van der Waals surface area contributed by atoms with Gasteiger partial charge in [0.05, 0.1) is 19.8 Å². The van der Waals surface area contributed by atoms with Crippen molar-refractivity contribution >= 4 is 0 Å². The Morgan fingerprint density at radius 3 is 2.88 bits per heavy atom. The van der Waals surface area contributed by atoms with Gasteiger partial charge in [0.25, 0.3) is 0 Å². The number of aliphatic hydroxyl groups is 1. The molecule has 2 unspecified atom stereocenters. The Bertz CT molecular complexity index is 231. The zero-order valence-corrected chi connectivity index (χ0v) is 9.86. The molecule has 92 valence electrons. The zero-order valence-electron chi connectivity index (χ0n) is 9.86. The lowest BCUT2D eigenvalue weighted by Crippen LogP contribution is -2.39. The second kappa shape index (κ2) is 6.38. The number of rotatable bonds is 2. The molecule has 0 aromatic heterocycles. The third kappa shape index (κ3) is 3.30. The van der Waals surface area contributed by atoms with E-state index in [1.807, 2.05) is 0 Å². The summed E-state index contributed by atoms with van der Waals surface area (Å²) in [5.74, 6) is 0. The van der Waals surface area contributed by atoms with Gasteiger partial charge >= 0.3 is 0 Å². The molecule has 1 heterocycles. The quantitative estimate of drug-likeness (QED) is 0.732. The summed E-state index contributed by atoms with van der Waals surface area (Å²) in [7, 11) is 0. The highest BCUT2D eigenvalue weighted by Gasteiger charge is 2.26. The first kappa shape index (κ1) is 12.1. The van der Waals surface area contributed by atoms with Gasteiger partial charge in [-0.25, -0.2) is 0 Å². The number of hydrogen-bond acceptors (Lipinski definition) is 3. The smallest absolute Gasteiger partial charge is 0.111 e. The molecule has 0 radical (unpaired) electrons. The highest BCUT2D eigenvalue weighted by Crippen LogP contribution is 2.23. The predicted molar refractivity (Wildman–Crippen MR) is 62.4 cm³/mol. The molecule has 1 saturated heterocycles. The topological polar surface area (TPSA) is 38.7 Å². The van der Waals surface area contributed by atoms with Crippen molar-refractivity contribution < 1.29 is 14.6 Å². The van der Waals surface area contributed by atoms with Gasteiger partial charge in [0, 0.05) is 0 Å². The predicted octanol–water partition coefficient (Wildman–Crippen LogP) is 2.04. The number of ether oxygens (including phenoxy) is 2. The molecule has 1 aliphatic heterocycles. The Balaban J connectivity index is 1.92. The molecular formula is C13H22O3. The summed E-state index contributed by atoms with van der Waals surface area (Å²) in [4.78, 5) is 0. The van der Waals surface area contributed by atoms with Crippen molar-refractivity contribution in [1.82, 2.24) is 0 Å². The van der Waals surface area contributed by atoms with Crippen LogP contribution in [0.15, 0.2) is 11.6 Å². The van der Waals surface area contributed by atoms with Crippen LogP contribution in [0.4, 0.5) is 0 Å². The molecule has 16 heavy (non-hydrogen) atoms. The standard InChI is InChI=1S/C13H22O3/c14-13(12-10-15-8-9-16-12)11-6-4-2-1-3-5-7-11/h6,12-14H,1-5,7-10H2. The lowest BCUT2D eigenvalue weighted by atomic mass is 9.94. The molecule has 0 amide bonds. The van der Waals surface area contributed by atoms with Gasteiger partial charge in [0.2, 0.25) is 0 Å². The number of hydrogen-bond donors (Lipinski definition) is 1. The van der Waals surface area contributed by atoms with Gasteiger partial charge in [0.1, 0.15) is 12.2 Å². The molecule has 0 spiro atoms. The first-order chi connectivity index (χ1) is 7.88. The Morgan fingerprint density at radius 1 is 1.19 bits per heavy atom. The second-order valence-electron chi connectivity index (χ2n) is 4.66. The van der Waals surface area contributed by atoms with Gasteiger partial charge < -0.3 is 14.6 Å². The zero-order chi connectivity index (χ0) is 11.2. The SMILES string of the molecule is OC(C1=CCCCCCC1)C1COCCO1. The summed E-state index contributed by atoms with van der Waals surface area (Å²) in [6.45, 7) is 1.79. The molecule has 1 fully saturated rings. The molecule has 1 aliphatic carbocycles. The summed E-state index contributed by atoms with van der Waals surface area (Å²) in [5.41, 5.74) is 1.16. The first-order valence-electron chi connectivity index (χ1n) is 6.44. The van der Waals surface area contributed by atoms with Crippen LogP contribution in [0, 0.1) is 0 Å². The van der Waals surface area contributed by atoms with Gasteiger partial charge in [-0.2, -0.15) is 0 Å². The normalized spacial score (nSPS) is 30.1. The summed E-state index contributed by atoms with van der Waals surface area (Å²) in [5, 5.41) is 10.2. The Kier molecular flexibility index (Phi) is 4.82. The highest BCUT2D eigenvalue weighted by molar-refractivity contribution is 5.11. The maximum Gasteiger partial charge on any atom is 0.111 e. The van der Waals surface area contributed by atoms with Gasteiger partial charge in [-0.3, -0.25) is 0 Å². The molecule has 0 aromatic carbocycles. The van der Waals surface area contributed by atoms with Gasteiger partial charge in [-0.05, 0) is 31.3 Å². The molecule has 0 bridgehead atoms. The van der Waals surface area contributed by atoms with Crippen LogP contribution in [0.1, 0.15) is 38.5 Å². The van der Waals surface area contributed by atoms with E-state index in [4.69, 9.17) is 9.47 Å². The highest BCUT2D eigenvalue weighted by atomic mass is 16.6. The lowest BCUT2D eigenvalue weighted by Gasteiger charge is -2.29. The van der Waals surface area contributed by atoms with Crippen LogP contribution in [-0.4, -0.2) is 37.1 Å². The summed E-state index contributed by atoms with van der Waals surface area (Å²) >= 11 is 0. The summed E-state index contributed by atoms with van der Waals surface area (Å²) in [6.07, 6.45) is 8.75. The molecule has 1 N–H and O–H groups in total. The van der Waals surface area contributed by atoms with Crippen molar-refractivity contribution in [2.24, 2.45) is 0 Å². The monoisotopic (exact) mass is 226 g/mol. The van der Waals surface area contributed by atoms with Crippen LogP contribution < -0.4 is 0 Å². The van der Waals surface area contributed by atoms with Crippen LogP contribution in [0.25, 0.3) is 0 Å². The molecular weight excluding hydrogens is 204 g/mol. The van der Waals surface area contributed by atoms with E-state index in [1.165, 1.54) is 25.7 Å². The fourth-order valence-electron chi connectivity index (χ4n) is 2.41.